The summed E-state index contributed by atoms with van der Waals surface area (Å²) in [5, 5.41) is 25.6. The lowest BCUT2D eigenvalue weighted by atomic mass is 10.1. The van der Waals surface area contributed by atoms with Gasteiger partial charge < -0.3 is 43.4 Å². The van der Waals surface area contributed by atoms with E-state index in [1.54, 1.807) is 0 Å². The lowest BCUT2D eigenvalue weighted by Gasteiger charge is -2.23. The third kappa shape index (κ3) is 10.3. The lowest BCUT2D eigenvalue weighted by molar-refractivity contribution is -0.142. The van der Waals surface area contributed by atoms with Crippen LogP contribution in [0.1, 0.15) is 26.7 Å². The van der Waals surface area contributed by atoms with Crippen LogP contribution in [0.3, 0.4) is 0 Å². The predicted molar refractivity (Wildman–Crippen MR) is 113 cm³/mol. The van der Waals surface area contributed by atoms with E-state index in [1.807, 2.05) is 0 Å². The van der Waals surface area contributed by atoms with E-state index in [2.05, 4.69) is 33.6 Å². The van der Waals surface area contributed by atoms with Crippen LogP contribution in [-0.4, -0.2) is 82.4 Å². The van der Waals surface area contributed by atoms with Gasteiger partial charge in [0.15, 0.2) is 5.96 Å². The summed E-state index contributed by atoms with van der Waals surface area (Å²) in [6, 6.07) is -4.65. The Morgan fingerprint density at radius 3 is 2.03 bits per heavy atom. The molecule has 0 saturated carbocycles. The van der Waals surface area contributed by atoms with Crippen LogP contribution in [0, 0.1) is 0 Å². The van der Waals surface area contributed by atoms with Gasteiger partial charge in [-0.25, -0.2) is 4.79 Å². The molecule has 0 radical (unpaired) electrons. The van der Waals surface area contributed by atoms with Gasteiger partial charge in [0, 0.05) is 12.3 Å². The Morgan fingerprint density at radius 2 is 1.57 bits per heavy atom. The van der Waals surface area contributed by atoms with E-state index in [4.69, 9.17) is 17.2 Å². The zero-order valence-corrected chi connectivity index (χ0v) is 17.8. The van der Waals surface area contributed by atoms with Crippen LogP contribution in [0.4, 0.5) is 0 Å². The first-order valence-electron chi connectivity index (χ1n) is 9.14. The van der Waals surface area contributed by atoms with Crippen LogP contribution >= 0.6 is 12.6 Å². The summed E-state index contributed by atoms with van der Waals surface area (Å²) in [4.78, 5) is 51.5. The van der Waals surface area contributed by atoms with E-state index in [-0.39, 0.29) is 24.7 Å². The van der Waals surface area contributed by atoms with Crippen LogP contribution in [0.5, 0.6) is 0 Å². The average molecular weight is 450 g/mol. The number of guanidine groups is 1. The van der Waals surface area contributed by atoms with Gasteiger partial charge in [-0.05, 0) is 26.7 Å². The number of carboxylic acids is 1. The summed E-state index contributed by atoms with van der Waals surface area (Å²) in [5.74, 6) is -3.72. The summed E-state index contributed by atoms with van der Waals surface area (Å²) >= 11 is 4.00. The Labute approximate surface area is 179 Å². The number of carboxylic acid groups (broad SMARTS) is 1. The quantitative estimate of drug-likeness (QED) is 0.0580. The van der Waals surface area contributed by atoms with Gasteiger partial charge in [0.2, 0.25) is 17.7 Å². The summed E-state index contributed by atoms with van der Waals surface area (Å²) < 4.78 is 0. The molecule has 0 heterocycles. The minimum absolute atomic E-state index is 0.0643. The highest BCUT2D eigenvalue weighted by molar-refractivity contribution is 7.80. The zero-order chi connectivity index (χ0) is 23.4. The molecule has 0 fully saturated rings. The number of hydrogen-bond acceptors (Lipinski definition) is 8. The third-order valence-corrected chi connectivity index (χ3v) is 4.32. The van der Waals surface area contributed by atoms with E-state index in [0.29, 0.717) is 6.42 Å². The van der Waals surface area contributed by atoms with E-state index in [9.17, 15) is 29.4 Å². The molecule has 5 unspecified atom stereocenters. The normalized spacial score (nSPS) is 15.6. The third-order valence-electron chi connectivity index (χ3n) is 3.95. The Hall–Kier alpha value is -2.58. The number of carbonyl (C=O) groups is 4. The van der Waals surface area contributed by atoms with Gasteiger partial charge in [-0.2, -0.15) is 12.6 Å². The maximum absolute atomic E-state index is 12.4. The molecular formula is C16H31N7O6S. The number of aliphatic hydroxyl groups is 1. The molecule has 172 valence electrons. The molecule has 0 aromatic heterocycles. The van der Waals surface area contributed by atoms with E-state index in [0.717, 1.165) is 0 Å². The number of aliphatic imine (C=N–C) groups is 1. The Morgan fingerprint density at radius 1 is 1.00 bits per heavy atom. The molecule has 0 aromatic rings. The summed E-state index contributed by atoms with van der Waals surface area (Å²) in [5.41, 5.74) is 15.9. The fourth-order valence-corrected chi connectivity index (χ4v) is 2.38. The molecule has 0 aliphatic rings. The molecule has 11 N–H and O–H groups in total. The standard InChI is InChI=1S/C16H31N7O6S/c1-7(21-14(27)11(17)8(2)24)12(25)23-10(6-30)13(26)22-9(15(28)29)4-3-5-20-16(18)19/h7-11,24,30H,3-6,17H2,1-2H3,(H,21,27)(H,22,26)(H,23,25)(H,28,29)(H4,18,19,20). The second-order valence-electron chi connectivity index (χ2n) is 6.59. The van der Waals surface area contributed by atoms with Crippen molar-refractivity contribution in [1.82, 2.24) is 16.0 Å². The number of aliphatic hydroxyl groups excluding tert-OH is 1. The maximum Gasteiger partial charge on any atom is 0.326 e. The molecule has 30 heavy (non-hydrogen) atoms. The number of hydrogen-bond donors (Lipinski definition) is 9. The Bertz CT molecular complexity index is 642. The number of nitrogens with one attached hydrogen (secondary N) is 3. The monoisotopic (exact) mass is 449 g/mol. The highest BCUT2D eigenvalue weighted by Crippen LogP contribution is 2.01. The summed E-state index contributed by atoms with van der Waals surface area (Å²) in [7, 11) is 0. The summed E-state index contributed by atoms with van der Waals surface area (Å²) in [6.07, 6.45) is -0.745. The minimum atomic E-state index is -1.26. The highest BCUT2D eigenvalue weighted by Gasteiger charge is 2.28. The number of aliphatic carboxylic acids is 1. The van der Waals surface area contributed by atoms with Crippen molar-refractivity contribution in [1.29, 1.82) is 0 Å². The maximum atomic E-state index is 12.4. The first-order chi connectivity index (χ1) is 13.9. The van der Waals surface area contributed by atoms with Crippen molar-refractivity contribution in [2.24, 2.45) is 22.2 Å². The molecule has 0 aliphatic carbocycles. The van der Waals surface area contributed by atoms with Gasteiger partial charge in [-0.15, -0.1) is 0 Å². The van der Waals surface area contributed by atoms with Gasteiger partial charge in [0.25, 0.3) is 0 Å². The first kappa shape index (κ1) is 27.4. The predicted octanol–water partition coefficient (Wildman–Crippen LogP) is -3.76. The minimum Gasteiger partial charge on any atom is -0.480 e. The summed E-state index contributed by atoms with van der Waals surface area (Å²) in [6.45, 7) is 2.88. The van der Waals surface area contributed by atoms with Crippen molar-refractivity contribution < 1.29 is 29.4 Å². The van der Waals surface area contributed by atoms with Crippen molar-refractivity contribution in [3.8, 4) is 0 Å². The molecule has 3 amide bonds. The van der Waals surface area contributed by atoms with Crippen molar-refractivity contribution in [2.45, 2.75) is 57.0 Å². The molecule has 5 atom stereocenters. The number of rotatable bonds is 13. The fourth-order valence-electron chi connectivity index (χ4n) is 2.12. The number of carbonyl (C=O) groups excluding carboxylic acids is 3. The van der Waals surface area contributed by atoms with Gasteiger partial charge >= 0.3 is 5.97 Å². The zero-order valence-electron chi connectivity index (χ0n) is 16.9. The number of nitrogens with two attached hydrogens (primary N) is 3. The van der Waals surface area contributed by atoms with Crippen molar-refractivity contribution >= 4 is 42.3 Å². The van der Waals surface area contributed by atoms with Gasteiger partial charge in [0.05, 0.1) is 6.10 Å². The number of thiol groups is 1. The fraction of sp³-hybridized carbons (Fsp3) is 0.688. The highest BCUT2D eigenvalue weighted by atomic mass is 32.1. The van der Waals surface area contributed by atoms with Gasteiger partial charge in [-0.3, -0.25) is 19.4 Å². The van der Waals surface area contributed by atoms with E-state index >= 15 is 0 Å². The van der Waals surface area contributed by atoms with Crippen molar-refractivity contribution in [3.05, 3.63) is 0 Å². The van der Waals surface area contributed by atoms with Crippen LogP contribution in [0.15, 0.2) is 4.99 Å². The van der Waals surface area contributed by atoms with Crippen molar-refractivity contribution in [3.63, 3.8) is 0 Å². The number of amides is 3. The average Bonchev–Trinajstić information content (AvgIpc) is 2.66. The van der Waals surface area contributed by atoms with Gasteiger partial charge in [0.1, 0.15) is 24.2 Å². The number of nitrogens with zero attached hydrogens (tertiary/aromatic N) is 1. The topological polar surface area (TPSA) is 235 Å². The lowest BCUT2D eigenvalue weighted by Crippen LogP contribution is -2.57. The molecule has 14 heteroatoms. The largest absolute Gasteiger partial charge is 0.480 e. The Balaban J connectivity index is 4.82. The van der Waals surface area contributed by atoms with Gasteiger partial charge in [-0.1, -0.05) is 0 Å². The van der Waals surface area contributed by atoms with E-state index < -0.39 is 54.0 Å². The van der Waals surface area contributed by atoms with Crippen LogP contribution in [0.2, 0.25) is 0 Å². The van der Waals surface area contributed by atoms with Crippen molar-refractivity contribution in [2.75, 3.05) is 12.3 Å². The second-order valence-corrected chi connectivity index (χ2v) is 6.95. The second kappa shape index (κ2) is 13.6. The molecule has 0 rings (SSSR count). The molecular weight excluding hydrogens is 418 g/mol. The van der Waals surface area contributed by atoms with E-state index in [1.165, 1.54) is 13.8 Å². The molecule has 0 bridgehead atoms. The van der Waals surface area contributed by atoms with Crippen LogP contribution in [0.25, 0.3) is 0 Å². The van der Waals surface area contributed by atoms with Crippen LogP contribution in [-0.2, 0) is 19.2 Å². The smallest absolute Gasteiger partial charge is 0.326 e. The van der Waals surface area contributed by atoms with Crippen LogP contribution < -0.4 is 33.2 Å². The molecule has 0 saturated heterocycles. The Kier molecular flexibility index (Phi) is 12.4. The molecule has 13 nitrogen and oxygen atoms in total. The SMILES string of the molecule is CC(NC(=O)C(N)C(C)O)C(=O)NC(CS)C(=O)NC(CCCN=C(N)N)C(=O)O. The molecule has 0 aliphatic heterocycles. The first-order valence-corrected chi connectivity index (χ1v) is 9.77. The molecule has 0 aromatic carbocycles. The molecule has 0 spiro atoms.